The van der Waals surface area contributed by atoms with Crippen molar-refractivity contribution >= 4 is 17.0 Å². The minimum Gasteiger partial charge on any atom is -0.496 e. The zero-order valence-electron chi connectivity index (χ0n) is 15.5. The molecular formula is C20H13F2N5O2S. The lowest BCUT2D eigenvalue weighted by molar-refractivity contribution is 0.143. The molecule has 0 aliphatic heterocycles. The summed E-state index contributed by atoms with van der Waals surface area (Å²) in [5.41, 5.74) is 1.17. The van der Waals surface area contributed by atoms with E-state index in [1.165, 1.54) is 30.7 Å². The topological polar surface area (TPSA) is 78.3 Å². The van der Waals surface area contributed by atoms with E-state index in [2.05, 4.69) is 20.3 Å². The van der Waals surface area contributed by atoms with Crippen LogP contribution in [-0.4, -0.2) is 31.9 Å². The van der Waals surface area contributed by atoms with Crippen LogP contribution in [0.4, 0.5) is 8.78 Å². The number of aromatic nitrogens is 5. The van der Waals surface area contributed by atoms with Gasteiger partial charge in [0.25, 0.3) is 18.2 Å². The highest BCUT2D eigenvalue weighted by molar-refractivity contribution is 7.13. The third-order valence-electron chi connectivity index (χ3n) is 4.49. The maximum Gasteiger partial charge on any atom is 0.280 e. The fourth-order valence-electron chi connectivity index (χ4n) is 3.12. The highest BCUT2D eigenvalue weighted by Gasteiger charge is 2.23. The van der Waals surface area contributed by atoms with Gasteiger partial charge in [0.05, 0.1) is 23.9 Å². The lowest BCUT2D eigenvalue weighted by Gasteiger charge is -2.11. The summed E-state index contributed by atoms with van der Waals surface area (Å²) in [5, 5.41) is 14.1. The molecule has 0 aliphatic carbocycles. The van der Waals surface area contributed by atoms with Crippen LogP contribution in [0.3, 0.4) is 0 Å². The molecule has 10 heteroatoms. The molecule has 30 heavy (non-hydrogen) atoms. The summed E-state index contributed by atoms with van der Waals surface area (Å²) in [6, 6.07) is 12.1. The molecule has 4 aromatic heterocycles. The number of rotatable bonds is 5. The number of hydrogen-bond acceptors (Lipinski definition) is 7. The van der Waals surface area contributed by atoms with Gasteiger partial charge in [0.15, 0.2) is 5.65 Å². The summed E-state index contributed by atoms with van der Waals surface area (Å²) < 4.78 is 39.8. The largest absolute Gasteiger partial charge is 0.496 e. The molecule has 0 amide bonds. The number of fused-ring (bicyclic) bond motifs is 1. The average Bonchev–Trinajstić information content (AvgIpc) is 3.52. The van der Waals surface area contributed by atoms with Crippen molar-refractivity contribution in [3.8, 4) is 39.2 Å². The van der Waals surface area contributed by atoms with Crippen LogP contribution in [-0.2, 0) is 0 Å². The van der Waals surface area contributed by atoms with Crippen LogP contribution in [0.15, 0.2) is 58.5 Å². The van der Waals surface area contributed by atoms with Gasteiger partial charge in [0, 0.05) is 5.56 Å². The van der Waals surface area contributed by atoms with Gasteiger partial charge in [-0.2, -0.15) is 5.10 Å². The predicted octanol–water partition coefficient (Wildman–Crippen LogP) is 5.12. The number of thiophene rings is 1. The SMILES string of the molecule is COc1ccccc1-c1cc(C(F)F)n2ncc(-c3nnc(-c4cccs4)o3)c2n1. The molecule has 0 saturated heterocycles. The smallest absolute Gasteiger partial charge is 0.280 e. The van der Waals surface area contributed by atoms with Crippen LogP contribution < -0.4 is 4.74 Å². The molecule has 0 aliphatic rings. The second-order valence-electron chi connectivity index (χ2n) is 6.25. The van der Waals surface area contributed by atoms with Crippen molar-refractivity contribution in [2.45, 2.75) is 6.43 Å². The molecule has 0 saturated carbocycles. The number of para-hydroxylation sites is 1. The van der Waals surface area contributed by atoms with Crippen molar-refractivity contribution in [3.05, 3.63) is 59.7 Å². The summed E-state index contributed by atoms with van der Waals surface area (Å²) >= 11 is 1.45. The van der Waals surface area contributed by atoms with Crippen LogP contribution in [0, 0.1) is 0 Å². The molecule has 150 valence electrons. The molecule has 0 bridgehead atoms. The number of ether oxygens (including phenoxy) is 1. The number of nitrogens with zero attached hydrogens (tertiary/aromatic N) is 5. The Hall–Kier alpha value is -3.66. The van der Waals surface area contributed by atoms with Crippen molar-refractivity contribution in [2.24, 2.45) is 0 Å². The van der Waals surface area contributed by atoms with Crippen molar-refractivity contribution in [3.63, 3.8) is 0 Å². The predicted molar refractivity (Wildman–Crippen MR) is 107 cm³/mol. The van der Waals surface area contributed by atoms with Gasteiger partial charge in [-0.15, -0.1) is 21.5 Å². The lowest BCUT2D eigenvalue weighted by atomic mass is 10.1. The maximum absolute atomic E-state index is 13.8. The Labute approximate surface area is 172 Å². The van der Waals surface area contributed by atoms with E-state index in [4.69, 9.17) is 9.15 Å². The number of alkyl halides is 2. The summed E-state index contributed by atoms with van der Waals surface area (Å²) in [6.45, 7) is 0. The van der Waals surface area contributed by atoms with E-state index < -0.39 is 6.43 Å². The molecule has 0 spiro atoms. The first-order valence-corrected chi connectivity index (χ1v) is 9.71. The Morgan fingerprint density at radius 2 is 1.90 bits per heavy atom. The Kier molecular flexibility index (Phi) is 4.47. The van der Waals surface area contributed by atoms with E-state index in [-0.39, 0.29) is 17.2 Å². The second kappa shape index (κ2) is 7.30. The molecule has 7 nitrogen and oxygen atoms in total. The molecule has 0 atom stereocenters. The first-order chi connectivity index (χ1) is 14.7. The Bertz CT molecular complexity index is 1330. The Balaban J connectivity index is 1.70. The number of benzene rings is 1. The van der Waals surface area contributed by atoms with Gasteiger partial charge in [0.1, 0.15) is 17.0 Å². The Morgan fingerprint density at radius 1 is 1.07 bits per heavy atom. The average molecular weight is 425 g/mol. The lowest BCUT2D eigenvalue weighted by Crippen LogP contribution is -2.03. The van der Waals surface area contributed by atoms with E-state index in [9.17, 15) is 8.78 Å². The third-order valence-corrected chi connectivity index (χ3v) is 5.35. The van der Waals surface area contributed by atoms with Crippen molar-refractivity contribution in [2.75, 3.05) is 7.11 Å². The van der Waals surface area contributed by atoms with Crippen molar-refractivity contribution < 1.29 is 17.9 Å². The molecule has 0 unspecified atom stereocenters. The van der Waals surface area contributed by atoms with Gasteiger partial charge in [-0.05, 0) is 29.6 Å². The second-order valence-corrected chi connectivity index (χ2v) is 7.20. The highest BCUT2D eigenvalue weighted by Crippen LogP contribution is 2.34. The van der Waals surface area contributed by atoms with Gasteiger partial charge in [0.2, 0.25) is 0 Å². The minimum atomic E-state index is -2.76. The van der Waals surface area contributed by atoms with Crippen LogP contribution in [0.5, 0.6) is 5.75 Å². The fourth-order valence-corrected chi connectivity index (χ4v) is 3.76. The van der Waals surface area contributed by atoms with Crippen LogP contribution in [0.25, 0.3) is 39.1 Å². The molecule has 1 aromatic carbocycles. The van der Waals surface area contributed by atoms with E-state index in [0.717, 1.165) is 9.39 Å². The quantitative estimate of drug-likeness (QED) is 0.389. The molecule has 0 N–H and O–H groups in total. The van der Waals surface area contributed by atoms with E-state index in [1.807, 2.05) is 17.5 Å². The number of hydrogen-bond donors (Lipinski definition) is 0. The van der Waals surface area contributed by atoms with E-state index in [0.29, 0.717) is 28.5 Å². The summed E-state index contributed by atoms with van der Waals surface area (Å²) in [4.78, 5) is 5.37. The molecule has 0 radical (unpaired) electrons. The first kappa shape index (κ1) is 18.4. The first-order valence-electron chi connectivity index (χ1n) is 8.83. The van der Waals surface area contributed by atoms with Gasteiger partial charge in [-0.1, -0.05) is 18.2 Å². The van der Waals surface area contributed by atoms with Gasteiger partial charge < -0.3 is 9.15 Å². The molecule has 5 aromatic rings. The van der Waals surface area contributed by atoms with Crippen molar-refractivity contribution in [1.82, 2.24) is 24.8 Å². The normalized spacial score (nSPS) is 11.5. The van der Waals surface area contributed by atoms with Crippen LogP contribution in [0.2, 0.25) is 0 Å². The van der Waals surface area contributed by atoms with E-state index >= 15 is 0 Å². The molecule has 4 heterocycles. The third kappa shape index (κ3) is 3.01. The summed E-state index contributed by atoms with van der Waals surface area (Å²) in [5.74, 6) is 1.01. The van der Waals surface area contributed by atoms with Gasteiger partial charge >= 0.3 is 0 Å². The number of methoxy groups -OCH3 is 1. The van der Waals surface area contributed by atoms with Gasteiger partial charge in [-0.3, -0.25) is 0 Å². The highest BCUT2D eigenvalue weighted by atomic mass is 32.1. The standard InChI is InChI=1S/C20H13F2N5O2S/c1-28-15-6-3-2-5-11(15)13-9-14(17(21)22)27-18(24-13)12(10-23-27)19-25-26-20(29-19)16-7-4-8-30-16/h2-10,17H,1H3. The minimum absolute atomic E-state index is 0.151. The zero-order chi connectivity index (χ0) is 20.7. The molecule has 0 fully saturated rings. The van der Waals surface area contributed by atoms with E-state index in [1.54, 1.807) is 24.3 Å². The van der Waals surface area contributed by atoms with Crippen LogP contribution >= 0.6 is 11.3 Å². The fraction of sp³-hybridized carbons (Fsp3) is 0.100. The summed E-state index contributed by atoms with van der Waals surface area (Å²) in [6.07, 6.45) is -1.37. The Morgan fingerprint density at radius 3 is 2.67 bits per heavy atom. The monoisotopic (exact) mass is 425 g/mol. The molecular weight excluding hydrogens is 412 g/mol. The van der Waals surface area contributed by atoms with Crippen LogP contribution in [0.1, 0.15) is 12.1 Å². The zero-order valence-corrected chi connectivity index (χ0v) is 16.3. The maximum atomic E-state index is 13.8. The van der Waals surface area contributed by atoms with Crippen molar-refractivity contribution in [1.29, 1.82) is 0 Å². The van der Waals surface area contributed by atoms with Gasteiger partial charge in [-0.25, -0.2) is 18.3 Å². The number of halogens is 2. The molecule has 5 rings (SSSR count). The summed E-state index contributed by atoms with van der Waals surface area (Å²) in [7, 11) is 1.51.